The van der Waals surface area contributed by atoms with Crippen LogP contribution in [0.5, 0.6) is 0 Å². The number of alkyl halides is 1. The fraction of sp³-hybridized carbons (Fsp3) is 0.0417. The molecule has 0 saturated heterocycles. The lowest BCUT2D eigenvalue weighted by molar-refractivity contribution is 0.577. The van der Waals surface area contributed by atoms with Crippen LogP contribution in [0.1, 0.15) is 38.9 Å². The number of benzene rings is 7. The van der Waals surface area contributed by atoms with Gasteiger partial charge in [0.05, 0.1) is 8.84 Å². The summed E-state index contributed by atoms with van der Waals surface area (Å²) in [5, 5.41) is 0. The molecule has 0 nitrogen and oxygen atoms in total. The van der Waals surface area contributed by atoms with Crippen molar-refractivity contribution in [3.8, 4) is 0 Å². The molecule has 1 atom stereocenters. The van der Waals surface area contributed by atoms with Crippen molar-refractivity contribution in [2.24, 2.45) is 0 Å². The van der Waals surface area contributed by atoms with Crippen LogP contribution in [-0.4, -0.2) is 0 Å². The van der Waals surface area contributed by atoms with Crippen molar-refractivity contribution >= 4 is 44.9 Å². The molecule has 49 heavy (non-hydrogen) atoms. The highest BCUT2D eigenvalue weighted by Gasteiger charge is 2.61. The molecule has 1 unspecified atom stereocenters. The summed E-state index contributed by atoms with van der Waals surface area (Å²) in [6.07, 6.45) is 0. The minimum absolute atomic E-state index is 0.634. The molecule has 0 amide bonds. The van der Waals surface area contributed by atoms with Crippen molar-refractivity contribution in [2.45, 2.75) is 8.84 Å². The van der Waals surface area contributed by atoms with E-state index in [1.54, 1.807) is 0 Å². The average Bonchev–Trinajstić information content (AvgIpc) is 3.19. The molecule has 0 radical (unpaired) electrons. The topological polar surface area (TPSA) is 0 Å². The first-order chi connectivity index (χ1) is 24.2. The summed E-state index contributed by atoms with van der Waals surface area (Å²) in [5.41, 5.74) is 12.9. The largest absolute Gasteiger partial charge is 0.0908 e. The second-order valence-electron chi connectivity index (χ2n) is 12.5. The minimum atomic E-state index is -0.687. The van der Waals surface area contributed by atoms with Crippen molar-refractivity contribution in [1.82, 2.24) is 0 Å². The Balaban J connectivity index is 1.74. The van der Waals surface area contributed by atoms with E-state index in [-0.39, 0.29) is 0 Å². The zero-order chi connectivity index (χ0) is 33.1. The minimum Gasteiger partial charge on any atom is -0.0666 e. The van der Waals surface area contributed by atoms with E-state index in [2.05, 4.69) is 235 Å². The molecule has 1 aliphatic rings. The molecular weight excluding hydrogens is 703 g/mol. The van der Waals surface area contributed by atoms with Gasteiger partial charge < -0.3 is 0 Å². The summed E-state index contributed by atoms with van der Waals surface area (Å²) >= 11 is 2.86. The van der Waals surface area contributed by atoms with Crippen LogP contribution in [0.3, 0.4) is 0 Å². The molecule has 0 aromatic heterocycles. The monoisotopic (exact) mass is 738 g/mol. The van der Waals surface area contributed by atoms with E-state index >= 15 is 0 Å². The fourth-order valence-corrected chi connectivity index (χ4v) is 9.76. The van der Waals surface area contributed by atoms with Crippen LogP contribution in [-0.2, 0) is 8.84 Å². The van der Waals surface area contributed by atoms with E-state index in [0.29, 0.717) is 0 Å². The van der Waals surface area contributed by atoms with Gasteiger partial charge in [0.1, 0.15) is 0 Å². The van der Waals surface area contributed by atoms with Crippen molar-refractivity contribution < 1.29 is 0 Å². The summed E-state index contributed by atoms with van der Waals surface area (Å²) in [6.45, 7) is 0. The Morgan fingerprint density at radius 1 is 0.265 bits per heavy atom. The van der Waals surface area contributed by atoms with Gasteiger partial charge >= 0.3 is 0 Å². The fourth-order valence-electron chi connectivity index (χ4n) is 7.93. The highest BCUT2D eigenvalue weighted by Crippen LogP contribution is 2.71. The third-order valence-electron chi connectivity index (χ3n) is 9.82. The molecule has 0 saturated carbocycles. The van der Waals surface area contributed by atoms with Crippen LogP contribution in [0.4, 0.5) is 0 Å². The Labute approximate surface area is 303 Å². The number of allylic oxidation sites excluding steroid dienone is 4. The second-order valence-corrected chi connectivity index (χ2v) is 14.1. The third kappa shape index (κ3) is 5.12. The average molecular weight is 739 g/mol. The number of halogens is 1. The van der Waals surface area contributed by atoms with Gasteiger partial charge in [-0.15, -0.1) is 0 Å². The van der Waals surface area contributed by atoms with Gasteiger partial charge in [-0.05, 0) is 61.2 Å². The zero-order valence-electron chi connectivity index (χ0n) is 27.1. The molecule has 0 bridgehead atoms. The predicted octanol–water partition coefficient (Wildman–Crippen LogP) is 12.5. The Bertz CT molecular complexity index is 2180. The van der Waals surface area contributed by atoms with Gasteiger partial charge in [-0.25, -0.2) is 0 Å². The lowest BCUT2D eigenvalue weighted by Gasteiger charge is -2.56. The molecule has 0 aliphatic heterocycles. The maximum atomic E-state index is 2.86. The number of rotatable bonds is 7. The van der Waals surface area contributed by atoms with E-state index in [9.17, 15) is 0 Å². The standard InChI is InChI=1S/C48H35I/c49-48(42-34-20-7-21-35-42)46(39-28-14-4-15-29-39)44(37-24-10-2-11-25-37)43(36-22-8-1-9-23-36)45(38-26-12-3-13-27-38)47(48,40-30-16-5-17-31-40)41-32-18-6-19-33-41/h1-35H. The Morgan fingerprint density at radius 2 is 0.531 bits per heavy atom. The van der Waals surface area contributed by atoms with Crippen LogP contribution in [0.2, 0.25) is 0 Å². The van der Waals surface area contributed by atoms with E-state index in [1.807, 2.05) is 0 Å². The first-order valence-electron chi connectivity index (χ1n) is 16.8. The van der Waals surface area contributed by atoms with Gasteiger partial charge in [-0.3, -0.25) is 0 Å². The van der Waals surface area contributed by atoms with Gasteiger partial charge in [-0.2, -0.15) is 0 Å². The van der Waals surface area contributed by atoms with Crippen LogP contribution in [0.25, 0.3) is 22.3 Å². The summed E-state index contributed by atoms with van der Waals surface area (Å²) in [5.74, 6) is 0. The summed E-state index contributed by atoms with van der Waals surface area (Å²) < 4.78 is -0.634. The maximum absolute atomic E-state index is 2.86. The second kappa shape index (κ2) is 13.3. The lowest BCUT2D eigenvalue weighted by Crippen LogP contribution is -2.50. The quantitative estimate of drug-likeness (QED) is 0.113. The molecule has 7 aromatic rings. The van der Waals surface area contributed by atoms with Crippen molar-refractivity contribution in [1.29, 1.82) is 0 Å². The Kier molecular flexibility index (Phi) is 8.45. The van der Waals surface area contributed by atoms with Gasteiger partial charge in [0, 0.05) is 0 Å². The van der Waals surface area contributed by atoms with E-state index in [1.165, 1.54) is 61.2 Å². The van der Waals surface area contributed by atoms with E-state index < -0.39 is 8.84 Å². The highest BCUT2D eigenvalue weighted by atomic mass is 127. The van der Waals surface area contributed by atoms with Crippen LogP contribution in [0, 0.1) is 0 Å². The Morgan fingerprint density at radius 3 is 0.898 bits per heavy atom. The van der Waals surface area contributed by atoms with Crippen molar-refractivity contribution in [3.05, 3.63) is 251 Å². The first-order valence-corrected chi connectivity index (χ1v) is 17.9. The predicted molar refractivity (Wildman–Crippen MR) is 215 cm³/mol. The molecule has 0 heterocycles. The van der Waals surface area contributed by atoms with Gasteiger partial charge in [0.15, 0.2) is 0 Å². The van der Waals surface area contributed by atoms with Crippen LogP contribution >= 0.6 is 22.6 Å². The number of hydrogen-bond donors (Lipinski definition) is 0. The SMILES string of the molecule is IC1(c2ccccc2)C(c2ccccc2)=C(c2ccccc2)C(c2ccccc2)=C(c2ccccc2)C1(c1ccccc1)c1ccccc1. The third-order valence-corrected chi connectivity index (χ3v) is 11.8. The highest BCUT2D eigenvalue weighted by molar-refractivity contribution is 14.1. The Hall–Kier alpha value is -5.25. The first kappa shape index (κ1) is 31.0. The molecule has 234 valence electrons. The zero-order valence-corrected chi connectivity index (χ0v) is 29.2. The van der Waals surface area contributed by atoms with Crippen LogP contribution in [0.15, 0.2) is 212 Å². The summed E-state index contributed by atoms with van der Waals surface area (Å²) in [7, 11) is 0. The van der Waals surface area contributed by atoms with Crippen molar-refractivity contribution in [3.63, 3.8) is 0 Å². The van der Waals surface area contributed by atoms with Crippen LogP contribution < -0.4 is 0 Å². The molecule has 0 fully saturated rings. The van der Waals surface area contributed by atoms with Gasteiger partial charge in [-0.1, -0.05) is 235 Å². The molecule has 1 heteroatoms. The van der Waals surface area contributed by atoms with Crippen molar-refractivity contribution in [2.75, 3.05) is 0 Å². The van der Waals surface area contributed by atoms with Gasteiger partial charge in [0.2, 0.25) is 0 Å². The normalized spacial score (nSPS) is 17.2. The maximum Gasteiger partial charge on any atom is 0.0908 e. The van der Waals surface area contributed by atoms with Gasteiger partial charge in [0.25, 0.3) is 0 Å². The number of hydrogen-bond acceptors (Lipinski definition) is 0. The smallest absolute Gasteiger partial charge is 0.0666 e. The molecule has 1 aliphatic carbocycles. The molecule has 7 aromatic carbocycles. The molecule has 0 N–H and O–H groups in total. The van der Waals surface area contributed by atoms with E-state index in [0.717, 1.165) is 0 Å². The molecular formula is C48H35I. The molecule has 0 spiro atoms. The summed E-state index contributed by atoms with van der Waals surface area (Å²) in [4.78, 5) is 0. The summed E-state index contributed by atoms with van der Waals surface area (Å²) in [6, 6.07) is 77.8. The lowest BCUT2D eigenvalue weighted by atomic mass is 9.50. The van der Waals surface area contributed by atoms with E-state index in [4.69, 9.17) is 0 Å². The molecule has 8 rings (SSSR count).